The molecule has 0 aliphatic rings. The summed E-state index contributed by atoms with van der Waals surface area (Å²) in [6, 6.07) is 28.9. The van der Waals surface area contributed by atoms with E-state index in [1.54, 1.807) is 0 Å². The highest BCUT2D eigenvalue weighted by molar-refractivity contribution is 8.01. The Morgan fingerprint density at radius 1 is 0.452 bits per heavy atom. The normalized spacial score (nSPS) is 10.6. The Bertz CT molecular complexity index is 1260. The number of hydrogen-bond donors (Lipinski definition) is 3. The lowest BCUT2D eigenvalue weighted by atomic mass is 10.2. The number of amides is 3. The average Bonchev–Trinajstić information content (AvgIpc) is 3.04. The molecule has 42 heavy (non-hydrogen) atoms. The predicted octanol–water partition coefficient (Wildman–Crippen LogP) is 4.10. The smallest absolute Gasteiger partial charge is 0.230 e. The fourth-order valence-corrected chi connectivity index (χ4v) is 5.61. The molecule has 1 heterocycles. The standard InChI is InChI=1S/C30H30N6O3S3/c37-25(31-16-22-10-4-1-5-11-22)19-40-28-34-29(41-20-26(38)32-17-23-12-6-2-7-13-23)36-30(35-28)42-21-27(39)33-18-24-14-8-3-9-15-24/h1-15H,16-21H2,(H,31,37)(H,32,38)(H,33,39). The van der Waals surface area contributed by atoms with E-state index in [-0.39, 0.29) is 35.0 Å². The van der Waals surface area contributed by atoms with E-state index < -0.39 is 0 Å². The zero-order valence-electron chi connectivity index (χ0n) is 22.7. The van der Waals surface area contributed by atoms with Crippen molar-refractivity contribution in [2.75, 3.05) is 17.3 Å². The van der Waals surface area contributed by atoms with E-state index in [2.05, 4.69) is 30.9 Å². The number of benzene rings is 3. The van der Waals surface area contributed by atoms with E-state index in [9.17, 15) is 14.4 Å². The molecule has 12 heteroatoms. The molecule has 3 amide bonds. The van der Waals surface area contributed by atoms with E-state index in [4.69, 9.17) is 0 Å². The number of thioether (sulfide) groups is 3. The molecule has 0 saturated carbocycles. The number of rotatable bonds is 15. The minimum absolute atomic E-state index is 0.111. The SMILES string of the molecule is O=C(CSc1nc(SCC(=O)NCc2ccccc2)nc(SCC(=O)NCc2ccccc2)n1)NCc1ccccc1. The highest BCUT2D eigenvalue weighted by Crippen LogP contribution is 2.23. The summed E-state index contributed by atoms with van der Waals surface area (Å²) in [4.78, 5) is 50.7. The number of hydrogen-bond acceptors (Lipinski definition) is 9. The van der Waals surface area contributed by atoms with Crippen LogP contribution in [0, 0.1) is 0 Å². The van der Waals surface area contributed by atoms with Crippen molar-refractivity contribution in [1.29, 1.82) is 0 Å². The summed E-state index contributed by atoms with van der Waals surface area (Å²) in [5.74, 6) is -0.143. The molecule has 3 aromatic carbocycles. The molecular weight excluding hydrogens is 589 g/mol. The first-order valence-corrected chi connectivity index (χ1v) is 16.1. The zero-order chi connectivity index (χ0) is 29.4. The largest absolute Gasteiger partial charge is 0.351 e. The third-order valence-corrected chi connectivity index (χ3v) is 8.11. The number of nitrogens with one attached hydrogen (secondary N) is 3. The molecule has 0 atom stereocenters. The van der Waals surface area contributed by atoms with Gasteiger partial charge >= 0.3 is 0 Å². The Morgan fingerprint density at radius 2 is 0.714 bits per heavy atom. The first-order valence-electron chi connectivity index (χ1n) is 13.1. The van der Waals surface area contributed by atoms with Crippen LogP contribution >= 0.6 is 35.3 Å². The molecule has 9 nitrogen and oxygen atoms in total. The van der Waals surface area contributed by atoms with Gasteiger partial charge in [0.15, 0.2) is 15.5 Å². The second-order valence-electron chi connectivity index (χ2n) is 8.84. The van der Waals surface area contributed by atoms with Crippen molar-refractivity contribution < 1.29 is 14.4 Å². The van der Waals surface area contributed by atoms with Gasteiger partial charge in [-0.1, -0.05) is 126 Å². The highest BCUT2D eigenvalue weighted by atomic mass is 32.2. The van der Waals surface area contributed by atoms with Gasteiger partial charge in [0.1, 0.15) is 0 Å². The number of aromatic nitrogens is 3. The van der Waals surface area contributed by atoms with Gasteiger partial charge < -0.3 is 16.0 Å². The molecule has 0 saturated heterocycles. The van der Waals surface area contributed by atoms with Crippen LogP contribution < -0.4 is 16.0 Å². The highest BCUT2D eigenvalue weighted by Gasteiger charge is 2.14. The van der Waals surface area contributed by atoms with E-state index in [0.717, 1.165) is 16.7 Å². The summed E-state index contributed by atoms with van der Waals surface area (Å²) < 4.78 is 0. The fourth-order valence-electron chi connectivity index (χ4n) is 3.45. The Kier molecular flexibility index (Phi) is 12.7. The van der Waals surface area contributed by atoms with Crippen LogP contribution in [0.5, 0.6) is 0 Å². The minimum atomic E-state index is -0.159. The Balaban J connectivity index is 1.32. The lowest BCUT2D eigenvalue weighted by Crippen LogP contribution is -2.25. The summed E-state index contributed by atoms with van der Waals surface area (Å²) in [6.45, 7) is 1.28. The van der Waals surface area contributed by atoms with Crippen molar-refractivity contribution >= 4 is 53.0 Å². The topological polar surface area (TPSA) is 126 Å². The van der Waals surface area contributed by atoms with Crippen molar-refractivity contribution in [3.8, 4) is 0 Å². The van der Waals surface area contributed by atoms with Crippen LogP contribution in [0.25, 0.3) is 0 Å². The third-order valence-electron chi connectivity index (χ3n) is 5.57. The van der Waals surface area contributed by atoms with E-state index in [0.29, 0.717) is 35.1 Å². The number of carbonyl (C=O) groups is 3. The number of carbonyl (C=O) groups excluding carboxylic acids is 3. The molecule has 3 N–H and O–H groups in total. The van der Waals surface area contributed by atoms with E-state index in [1.807, 2.05) is 91.0 Å². The molecule has 4 rings (SSSR count). The number of nitrogens with zero attached hydrogens (tertiary/aromatic N) is 3. The predicted molar refractivity (Wildman–Crippen MR) is 167 cm³/mol. The molecule has 1 aromatic heterocycles. The third kappa shape index (κ3) is 11.6. The molecule has 0 radical (unpaired) electrons. The molecule has 216 valence electrons. The molecule has 0 unspecified atom stereocenters. The lowest BCUT2D eigenvalue weighted by Gasteiger charge is -2.09. The van der Waals surface area contributed by atoms with Crippen LogP contribution in [-0.4, -0.2) is 49.9 Å². The summed E-state index contributed by atoms with van der Waals surface area (Å²) in [6.07, 6.45) is 0. The second kappa shape index (κ2) is 17.2. The molecule has 0 fully saturated rings. The van der Waals surface area contributed by atoms with Crippen molar-refractivity contribution in [3.63, 3.8) is 0 Å². The Morgan fingerprint density at radius 3 is 0.976 bits per heavy atom. The Hall–Kier alpha value is -3.87. The van der Waals surface area contributed by atoms with Gasteiger partial charge in [-0.05, 0) is 16.7 Å². The Labute approximate surface area is 257 Å². The summed E-state index contributed by atoms with van der Waals surface area (Å²) in [7, 11) is 0. The zero-order valence-corrected chi connectivity index (χ0v) is 25.1. The van der Waals surface area contributed by atoms with E-state index in [1.165, 1.54) is 35.3 Å². The van der Waals surface area contributed by atoms with Crippen molar-refractivity contribution in [2.45, 2.75) is 35.1 Å². The van der Waals surface area contributed by atoms with Crippen LogP contribution in [0.4, 0.5) is 0 Å². The van der Waals surface area contributed by atoms with Gasteiger partial charge in [0.25, 0.3) is 0 Å². The van der Waals surface area contributed by atoms with Crippen LogP contribution in [0.3, 0.4) is 0 Å². The quantitative estimate of drug-likeness (QED) is 0.169. The van der Waals surface area contributed by atoms with Gasteiger partial charge in [0.2, 0.25) is 17.7 Å². The molecule has 0 bridgehead atoms. The molecule has 4 aromatic rings. The van der Waals surface area contributed by atoms with E-state index >= 15 is 0 Å². The average molecular weight is 619 g/mol. The van der Waals surface area contributed by atoms with Crippen LogP contribution in [0.1, 0.15) is 16.7 Å². The first kappa shape index (κ1) is 31.1. The van der Waals surface area contributed by atoms with Crippen molar-refractivity contribution in [1.82, 2.24) is 30.9 Å². The maximum absolute atomic E-state index is 12.4. The van der Waals surface area contributed by atoms with Crippen molar-refractivity contribution in [2.24, 2.45) is 0 Å². The first-order chi connectivity index (χ1) is 20.5. The van der Waals surface area contributed by atoms with Gasteiger partial charge in [-0.15, -0.1) is 0 Å². The van der Waals surface area contributed by atoms with Crippen molar-refractivity contribution in [3.05, 3.63) is 108 Å². The van der Waals surface area contributed by atoms with Crippen LogP contribution in [-0.2, 0) is 34.0 Å². The molecule has 0 spiro atoms. The summed E-state index contributed by atoms with van der Waals surface area (Å²) >= 11 is 3.52. The monoisotopic (exact) mass is 618 g/mol. The molecule has 0 aliphatic carbocycles. The molecule has 0 aliphatic heterocycles. The maximum Gasteiger partial charge on any atom is 0.230 e. The van der Waals surface area contributed by atoms with Crippen LogP contribution in [0.15, 0.2) is 106 Å². The maximum atomic E-state index is 12.4. The molecular formula is C30H30N6O3S3. The van der Waals surface area contributed by atoms with Gasteiger partial charge in [-0.3, -0.25) is 14.4 Å². The van der Waals surface area contributed by atoms with Gasteiger partial charge in [0.05, 0.1) is 17.3 Å². The van der Waals surface area contributed by atoms with Gasteiger partial charge in [-0.25, -0.2) is 0 Å². The summed E-state index contributed by atoms with van der Waals surface area (Å²) in [5.41, 5.74) is 3.01. The van der Waals surface area contributed by atoms with Gasteiger partial charge in [-0.2, -0.15) is 15.0 Å². The van der Waals surface area contributed by atoms with Gasteiger partial charge in [0, 0.05) is 19.6 Å². The summed E-state index contributed by atoms with van der Waals surface area (Å²) in [5, 5.41) is 9.70. The minimum Gasteiger partial charge on any atom is -0.351 e. The fraction of sp³-hybridized carbons (Fsp3) is 0.200. The second-order valence-corrected chi connectivity index (χ2v) is 11.7. The van der Waals surface area contributed by atoms with Crippen LogP contribution in [0.2, 0.25) is 0 Å². The lowest BCUT2D eigenvalue weighted by molar-refractivity contribution is -0.119.